The maximum absolute atomic E-state index is 13.4. The van der Waals surface area contributed by atoms with Crippen LogP contribution in [0.4, 0.5) is 4.39 Å². The zero-order valence-electron chi connectivity index (χ0n) is 17.5. The molecule has 2 aromatic carbocycles. The standard InChI is InChI=1S/C23H25FN4O2.HI/c1-3-25-23(27-15-17-7-4-10-20(13-17)29-2)28-16-18-8-6-12-26-22(18)30-21-11-5-9-19(24)14-21;/h4-14H,3,15-16H2,1-2H3,(H2,25,27,28);1H. The molecule has 3 rings (SSSR count). The number of pyridine rings is 1. The lowest BCUT2D eigenvalue weighted by Crippen LogP contribution is -2.36. The van der Waals surface area contributed by atoms with Gasteiger partial charge in [-0.25, -0.2) is 14.4 Å². The second-order valence-corrected chi connectivity index (χ2v) is 6.43. The third-order valence-corrected chi connectivity index (χ3v) is 4.20. The van der Waals surface area contributed by atoms with Crippen LogP contribution in [-0.4, -0.2) is 24.6 Å². The third kappa shape index (κ3) is 7.71. The number of rotatable bonds is 8. The summed E-state index contributed by atoms with van der Waals surface area (Å²) >= 11 is 0. The molecule has 0 unspecified atom stereocenters. The normalized spacial score (nSPS) is 10.7. The van der Waals surface area contributed by atoms with Crippen molar-refractivity contribution >= 4 is 29.9 Å². The van der Waals surface area contributed by atoms with Gasteiger partial charge in [-0.15, -0.1) is 24.0 Å². The van der Waals surface area contributed by atoms with Crippen LogP contribution in [0, 0.1) is 5.82 Å². The molecular weight excluding hydrogens is 510 g/mol. The molecule has 0 radical (unpaired) electrons. The van der Waals surface area contributed by atoms with Crippen molar-refractivity contribution in [3.63, 3.8) is 0 Å². The second kappa shape index (κ2) is 12.7. The molecule has 2 N–H and O–H groups in total. The molecule has 0 bridgehead atoms. The summed E-state index contributed by atoms with van der Waals surface area (Å²) in [6.45, 7) is 3.68. The van der Waals surface area contributed by atoms with Gasteiger partial charge in [-0.1, -0.05) is 24.3 Å². The molecule has 0 atom stereocenters. The third-order valence-electron chi connectivity index (χ3n) is 4.20. The molecule has 0 saturated carbocycles. The summed E-state index contributed by atoms with van der Waals surface area (Å²) in [5.74, 6) is 1.92. The highest BCUT2D eigenvalue weighted by molar-refractivity contribution is 14.0. The SMILES string of the molecule is CCNC(=NCc1cccc(OC)c1)NCc1cccnc1Oc1cccc(F)c1.I. The Morgan fingerprint density at radius 1 is 1.03 bits per heavy atom. The van der Waals surface area contributed by atoms with Gasteiger partial charge in [0.1, 0.15) is 17.3 Å². The number of guanidine groups is 1. The molecule has 6 nitrogen and oxygen atoms in total. The molecule has 1 heterocycles. The lowest BCUT2D eigenvalue weighted by Gasteiger charge is -2.14. The molecule has 0 aliphatic carbocycles. The predicted octanol–water partition coefficient (Wildman–Crippen LogP) is 4.89. The van der Waals surface area contributed by atoms with E-state index in [9.17, 15) is 4.39 Å². The molecule has 3 aromatic rings. The number of nitrogens with one attached hydrogen (secondary N) is 2. The fraction of sp³-hybridized carbons (Fsp3) is 0.217. The van der Waals surface area contributed by atoms with E-state index in [1.165, 1.54) is 12.1 Å². The van der Waals surface area contributed by atoms with E-state index in [4.69, 9.17) is 9.47 Å². The molecule has 0 amide bonds. The number of aliphatic imine (C=N–C) groups is 1. The van der Waals surface area contributed by atoms with Crippen LogP contribution in [-0.2, 0) is 13.1 Å². The van der Waals surface area contributed by atoms with Gasteiger partial charge in [0.05, 0.1) is 13.7 Å². The molecule has 164 valence electrons. The van der Waals surface area contributed by atoms with E-state index >= 15 is 0 Å². The van der Waals surface area contributed by atoms with Crippen molar-refractivity contribution < 1.29 is 13.9 Å². The Balaban J connectivity index is 0.00000341. The molecular formula is C23H26FIN4O2. The van der Waals surface area contributed by atoms with Gasteiger partial charge >= 0.3 is 0 Å². The van der Waals surface area contributed by atoms with Gasteiger partial charge in [0.25, 0.3) is 0 Å². The summed E-state index contributed by atoms with van der Waals surface area (Å²) in [5.41, 5.74) is 1.87. The van der Waals surface area contributed by atoms with E-state index in [1.807, 2.05) is 43.3 Å². The Bertz CT molecular complexity index is 1000. The number of methoxy groups -OCH3 is 1. The Labute approximate surface area is 198 Å². The van der Waals surface area contributed by atoms with Crippen LogP contribution in [0.2, 0.25) is 0 Å². The first-order valence-electron chi connectivity index (χ1n) is 9.70. The number of benzene rings is 2. The van der Waals surface area contributed by atoms with E-state index in [0.717, 1.165) is 23.4 Å². The second-order valence-electron chi connectivity index (χ2n) is 6.43. The number of hydrogen-bond donors (Lipinski definition) is 2. The predicted molar refractivity (Wildman–Crippen MR) is 131 cm³/mol. The van der Waals surface area contributed by atoms with E-state index in [2.05, 4.69) is 20.6 Å². The molecule has 0 aliphatic rings. The highest BCUT2D eigenvalue weighted by Gasteiger charge is 2.08. The summed E-state index contributed by atoms with van der Waals surface area (Å²) in [5, 5.41) is 6.51. The molecule has 0 aliphatic heterocycles. The van der Waals surface area contributed by atoms with Gasteiger partial charge < -0.3 is 20.1 Å². The van der Waals surface area contributed by atoms with E-state index in [0.29, 0.717) is 30.7 Å². The van der Waals surface area contributed by atoms with Crippen molar-refractivity contribution in [2.24, 2.45) is 4.99 Å². The Hall–Kier alpha value is -2.88. The minimum atomic E-state index is -0.359. The fourth-order valence-corrected chi connectivity index (χ4v) is 2.75. The number of aromatic nitrogens is 1. The average Bonchev–Trinajstić information content (AvgIpc) is 2.77. The summed E-state index contributed by atoms with van der Waals surface area (Å²) in [6.07, 6.45) is 1.64. The van der Waals surface area contributed by atoms with Gasteiger partial charge in [-0.05, 0) is 42.8 Å². The molecule has 31 heavy (non-hydrogen) atoms. The molecule has 0 spiro atoms. The summed E-state index contributed by atoms with van der Waals surface area (Å²) in [6, 6.07) is 17.5. The molecule has 0 fully saturated rings. The quantitative estimate of drug-likeness (QED) is 0.244. The average molecular weight is 536 g/mol. The molecule has 0 saturated heterocycles. The van der Waals surface area contributed by atoms with Gasteiger partial charge in [0, 0.05) is 30.9 Å². The van der Waals surface area contributed by atoms with Crippen LogP contribution in [0.25, 0.3) is 0 Å². The zero-order chi connectivity index (χ0) is 21.2. The van der Waals surface area contributed by atoms with Gasteiger partial charge in [0.2, 0.25) is 5.88 Å². The Kier molecular flexibility index (Phi) is 10.0. The van der Waals surface area contributed by atoms with Gasteiger partial charge in [-0.2, -0.15) is 0 Å². The number of ether oxygens (including phenoxy) is 2. The smallest absolute Gasteiger partial charge is 0.224 e. The van der Waals surface area contributed by atoms with Crippen molar-refractivity contribution in [3.05, 3.63) is 83.8 Å². The largest absolute Gasteiger partial charge is 0.497 e. The lowest BCUT2D eigenvalue weighted by molar-refractivity contribution is 0.414. The first-order valence-corrected chi connectivity index (χ1v) is 9.70. The monoisotopic (exact) mass is 536 g/mol. The highest BCUT2D eigenvalue weighted by Crippen LogP contribution is 2.23. The molecule has 8 heteroatoms. The molecule has 1 aromatic heterocycles. The lowest BCUT2D eigenvalue weighted by atomic mass is 10.2. The van der Waals surface area contributed by atoms with E-state index in [-0.39, 0.29) is 29.8 Å². The highest BCUT2D eigenvalue weighted by atomic mass is 127. The van der Waals surface area contributed by atoms with Crippen molar-refractivity contribution in [2.45, 2.75) is 20.0 Å². The maximum Gasteiger partial charge on any atom is 0.224 e. The fourth-order valence-electron chi connectivity index (χ4n) is 2.75. The van der Waals surface area contributed by atoms with Crippen LogP contribution >= 0.6 is 24.0 Å². The van der Waals surface area contributed by atoms with Crippen molar-refractivity contribution in [1.29, 1.82) is 0 Å². The van der Waals surface area contributed by atoms with Gasteiger partial charge in [0.15, 0.2) is 5.96 Å². The van der Waals surface area contributed by atoms with Crippen LogP contribution in [0.1, 0.15) is 18.1 Å². The van der Waals surface area contributed by atoms with Crippen LogP contribution in [0.5, 0.6) is 17.4 Å². The maximum atomic E-state index is 13.4. The first-order chi connectivity index (χ1) is 14.7. The number of nitrogens with zero attached hydrogens (tertiary/aromatic N) is 2. The van der Waals surface area contributed by atoms with Crippen LogP contribution in [0.3, 0.4) is 0 Å². The van der Waals surface area contributed by atoms with Crippen molar-refractivity contribution in [2.75, 3.05) is 13.7 Å². The van der Waals surface area contributed by atoms with Crippen molar-refractivity contribution in [1.82, 2.24) is 15.6 Å². The first kappa shape index (κ1) is 24.4. The Morgan fingerprint density at radius 3 is 2.61 bits per heavy atom. The number of hydrogen-bond acceptors (Lipinski definition) is 4. The summed E-state index contributed by atoms with van der Waals surface area (Å²) in [4.78, 5) is 8.91. The van der Waals surface area contributed by atoms with Gasteiger partial charge in [-0.3, -0.25) is 0 Å². The Morgan fingerprint density at radius 2 is 1.84 bits per heavy atom. The van der Waals surface area contributed by atoms with Crippen LogP contribution < -0.4 is 20.1 Å². The van der Waals surface area contributed by atoms with Crippen LogP contribution in [0.15, 0.2) is 71.9 Å². The topological polar surface area (TPSA) is 67.8 Å². The van der Waals surface area contributed by atoms with E-state index < -0.39 is 0 Å². The number of halogens is 2. The zero-order valence-corrected chi connectivity index (χ0v) is 19.8. The summed E-state index contributed by atoms with van der Waals surface area (Å²) in [7, 11) is 1.64. The van der Waals surface area contributed by atoms with E-state index in [1.54, 1.807) is 25.4 Å². The van der Waals surface area contributed by atoms with Crippen molar-refractivity contribution in [3.8, 4) is 17.4 Å². The summed E-state index contributed by atoms with van der Waals surface area (Å²) < 4.78 is 24.5. The minimum Gasteiger partial charge on any atom is -0.497 e. The minimum absolute atomic E-state index is 0.